The lowest BCUT2D eigenvalue weighted by atomic mass is 9.89. The van der Waals surface area contributed by atoms with Crippen molar-refractivity contribution in [1.82, 2.24) is 9.80 Å². The summed E-state index contributed by atoms with van der Waals surface area (Å²) in [6.07, 6.45) is -1.82. The molecule has 2 aliphatic rings. The monoisotopic (exact) mass is 696 g/mol. The number of fused-ring (bicyclic) bond motifs is 1. The number of carbonyl (C=O) groups excluding carboxylic acids is 2. The Bertz CT molecular complexity index is 1980. The third-order valence-corrected chi connectivity index (χ3v) is 10.6. The first-order valence-corrected chi connectivity index (χ1v) is 17.8. The summed E-state index contributed by atoms with van der Waals surface area (Å²) < 4.78 is 13.4. The van der Waals surface area contributed by atoms with Gasteiger partial charge in [-0.1, -0.05) is 122 Å². The van der Waals surface area contributed by atoms with Gasteiger partial charge in [0.05, 0.1) is 42.6 Å². The summed E-state index contributed by atoms with van der Waals surface area (Å²) in [5.41, 5.74) is 7.16. The van der Waals surface area contributed by atoms with Crippen LogP contribution in [0.5, 0.6) is 0 Å². The fourth-order valence-corrected chi connectivity index (χ4v) is 7.26. The molecule has 0 bridgehead atoms. The highest BCUT2D eigenvalue weighted by atomic mass is 16.7. The molecule has 8 nitrogen and oxygen atoms in total. The van der Waals surface area contributed by atoms with Crippen molar-refractivity contribution in [2.45, 2.75) is 57.6 Å². The Morgan fingerprint density at radius 3 is 1.94 bits per heavy atom. The summed E-state index contributed by atoms with van der Waals surface area (Å²) in [5.74, 6) is -0.583. The molecule has 6 unspecified atom stereocenters. The maximum atomic E-state index is 13.1. The largest absolute Gasteiger partial charge is 0.392 e. The van der Waals surface area contributed by atoms with E-state index in [0.717, 1.165) is 38.9 Å². The highest BCUT2D eigenvalue weighted by Gasteiger charge is 2.40. The molecule has 7 rings (SSSR count). The maximum Gasteiger partial charge on any atom is 0.261 e. The number of amides is 2. The Hall–Kier alpha value is -4.96. The minimum atomic E-state index is -0.661. The van der Waals surface area contributed by atoms with Crippen molar-refractivity contribution in [2.75, 3.05) is 13.6 Å². The zero-order valence-corrected chi connectivity index (χ0v) is 29.6. The van der Waals surface area contributed by atoms with Crippen molar-refractivity contribution in [1.29, 1.82) is 0 Å². The maximum absolute atomic E-state index is 13.1. The lowest BCUT2D eigenvalue weighted by molar-refractivity contribution is -0.276. The number of imide groups is 1. The fraction of sp³-hybridized carbons (Fsp3) is 0.273. The Balaban J connectivity index is 1.13. The molecule has 1 saturated heterocycles. The van der Waals surface area contributed by atoms with E-state index in [2.05, 4.69) is 11.8 Å². The molecule has 2 N–H and O–H groups in total. The smallest absolute Gasteiger partial charge is 0.261 e. The van der Waals surface area contributed by atoms with Gasteiger partial charge < -0.3 is 19.7 Å². The van der Waals surface area contributed by atoms with E-state index in [0.29, 0.717) is 17.7 Å². The van der Waals surface area contributed by atoms with E-state index in [9.17, 15) is 19.8 Å². The first-order valence-electron chi connectivity index (χ1n) is 17.8. The Morgan fingerprint density at radius 1 is 0.731 bits per heavy atom. The molecular weight excluding hydrogens is 652 g/mol. The average Bonchev–Trinajstić information content (AvgIpc) is 3.43. The Morgan fingerprint density at radius 2 is 1.31 bits per heavy atom. The molecule has 5 aromatic carbocycles. The summed E-state index contributed by atoms with van der Waals surface area (Å²) in [6, 6.07) is 40.2. The summed E-state index contributed by atoms with van der Waals surface area (Å²) in [6.45, 7) is 4.86. The molecule has 2 amide bonds. The molecule has 266 valence electrons. The zero-order chi connectivity index (χ0) is 36.4. The lowest BCUT2D eigenvalue weighted by Gasteiger charge is -2.43. The number of hydrogen-bond acceptors (Lipinski definition) is 7. The van der Waals surface area contributed by atoms with Crippen LogP contribution in [-0.2, 0) is 22.6 Å². The third kappa shape index (κ3) is 7.08. The molecule has 0 radical (unpaired) electrons. The number of carbonyl (C=O) groups is 2. The molecular formula is C44H44N2O6. The number of aliphatic hydroxyl groups excluding tert-OH is 2. The van der Waals surface area contributed by atoms with Gasteiger partial charge in [-0.3, -0.25) is 19.4 Å². The van der Waals surface area contributed by atoms with Crippen LogP contribution in [0.2, 0.25) is 0 Å². The van der Waals surface area contributed by atoms with E-state index in [4.69, 9.17) is 9.47 Å². The Kier molecular flexibility index (Phi) is 10.5. The van der Waals surface area contributed by atoms with Crippen LogP contribution in [0.25, 0.3) is 11.1 Å². The second-order valence-corrected chi connectivity index (χ2v) is 13.9. The van der Waals surface area contributed by atoms with E-state index in [1.54, 1.807) is 24.3 Å². The van der Waals surface area contributed by atoms with E-state index in [1.165, 1.54) is 4.90 Å². The van der Waals surface area contributed by atoms with Gasteiger partial charge in [0.15, 0.2) is 6.29 Å². The number of hydrogen-bond donors (Lipinski definition) is 2. The third-order valence-electron chi connectivity index (χ3n) is 10.6. The molecule has 0 aromatic heterocycles. The molecule has 2 aliphatic heterocycles. The van der Waals surface area contributed by atoms with Gasteiger partial charge in [0.1, 0.15) is 0 Å². The van der Waals surface area contributed by atoms with Crippen molar-refractivity contribution >= 4 is 11.8 Å². The van der Waals surface area contributed by atoms with E-state index in [-0.39, 0.29) is 49.1 Å². The fourth-order valence-electron chi connectivity index (χ4n) is 7.26. The van der Waals surface area contributed by atoms with Gasteiger partial charge in [-0.05, 0) is 59.5 Å². The number of likely N-dealkylation sites (N-methyl/N-ethyl adjacent to an activating group) is 1. The molecule has 8 heteroatoms. The van der Waals surface area contributed by atoms with Gasteiger partial charge in [0.2, 0.25) is 0 Å². The van der Waals surface area contributed by atoms with Crippen molar-refractivity contribution in [3.05, 3.63) is 166 Å². The van der Waals surface area contributed by atoms with Gasteiger partial charge in [0, 0.05) is 24.1 Å². The number of nitrogens with zero attached hydrogens (tertiary/aromatic N) is 2. The summed E-state index contributed by atoms with van der Waals surface area (Å²) >= 11 is 0. The molecule has 52 heavy (non-hydrogen) atoms. The quantitative estimate of drug-likeness (QED) is 0.138. The highest BCUT2D eigenvalue weighted by Crippen LogP contribution is 2.42. The van der Waals surface area contributed by atoms with Gasteiger partial charge in [-0.15, -0.1) is 0 Å². The molecule has 1 fully saturated rings. The molecule has 5 aromatic rings. The summed E-state index contributed by atoms with van der Waals surface area (Å²) in [5, 5.41) is 20.8. The topological polar surface area (TPSA) is 99.5 Å². The summed E-state index contributed by atoms with van der Waals surface area (Å²) in [4.78, 5) is 29.7. The van der Waals surface area contributed by atoms with Gasteiger partial charge in [0.25, 0.3) is 11.8 Å². The standard InChI is InChI=1S/C44H44N2O6/c1-28-39(26-45(3)29(2)40(48)32-11-5-4-6-12-32)51-44(52-41(28)33-19-17-30(27-47)18-20-33)34-23-21-31(22-24-34)36-14-8-7-13-35(36)25-46-42(49)37-15-9-10-16-38(37)43(46)50/h4-24,28-29,39-41,44,47-48H,25-27H2,1-3H3. The second kappa shape index (κ2) is 15.3. The minimum absolute atomic E-state index is 0.0203. The highest BCUT2D eigenvalue weighted by molar-refractivity contribution is 6.21. The van der Waals surface area contributed by atoms with Gasteiger partial charge in [-0.2, -0.15) is 0 Å². The van der Waals surface area contributed by atoms with Crippen LogP contribution in [0, 0.1) is 5.92 Å². The van der Waals surface area contributed by atoms with Crippen molar-refractivity contribution < 1.29 is 29.3 Å². The van der Waals surface area contributed by atoms with Crippen LogP contribution in [0.1, 0.15) is 80.9 Å². The Labute approximate surface area is 304 Å². The molecule has 2 heterocycles. The SMILES string of the molecule is CC1C(CN(C)C(C)C(O)c2ccccc2)OC(c2ccc(-c3ccccc3CN3C(=O)c4ccccc4C3=O)cc2)OC1c1ccc(CO)cc1. The van der Waals surface area contributed by atoms with E-state index >= 15 is 0 Å². The van der Waals surface area contributed by atoms with Crippen molar-refractivity contribution in [3.63, 3.8) is 0 Å². The normalized spacial score (nSPS) is 21.3. The zero-order valence-electron chi connectivity index (χ0n) is 29.6. The first-order chi connectivity index (χ1) is 25.2. The molecule has 0 aliphatic carbocycles. The van der Waals surface area contributed by atoms with Crippen molar-refractivity contribution in [3.8, 4) is 11.1 Å². The molecule has 0 spiro atoms. The average molecular weight is 697 g/mol. The second-order valence-electron chi connectivity index (χ2n) is 13.9. The predicted molar refractivity (Wildman–Crippen MR) is 199 cm³/mol. The number of rotatable bonds is 11. The number of aliphatic hydroxyl groups is 2. The van der Waals surface area contributed by atoms with Crippen molar-refractivity contribution in [2.24, 2.45) is 5.92 Å². The lowest BCUT2D eigenvalue weighted by Crippen LogP contribution is -2.46. The van der Waals surface area contributed by atoms with Crippen LogP contribution < -0.4 is 0 Å². The summed E-state index contributed by atoms with van der Waals surface area (Å²) in [7, 11) is 2.01. The number of benzene rings is 5. The van der Waals surface area contributed by atoms with Crippen LogP contribution in [0.3, 0.4) is 0 Å². The van der Waals surface area contributed by atoms with Crippen LogP contribution in [-0.4, -0.2) is 57.6 Å². The van der Waals surface area contributed by atoms with Gasteiger partial charge in [-0.25, -0.2) is 0 Å². The van der Waals surface area contributed by atoms with Crippen LogP contribution in [0.4, 0.5) is 0 Å². The molecule has 6 atom stereocenters. The van der Waals surface area contributed by atoms with Crippen LogP contribution >= 0.6 is 0 Å². The minimum Gasteiger partial charge on any atom is -0.392 e. The van der Waals surface area contributed by atoms with E-state index < -0.39 is 12.4 Å². The van der Waals surface area contributed by atoms with Crippen LogP contribution in [0.15, 0.2) is 127 Å². The van der Waals surface area contributed by atoms with E-state index in [1.807, 2.05) is 117 Å². The first kappa shape index (κ1) is 35.4. The molecule has 0 saturated carbocycles. The number of ether oxygens (including phenoxy) is 2. The van der Waals surface area contributed by atoms with Gasteiger partial charge >= 0.3 is 0 Å². The predicted octanol–water partition coefficient (Wildman–Crippen LogP) is 7.49.